The number of likely N-dealkylation sites (tertiary alicyclic amines) is 1. The van der Waals surface area contributed by atoms with Gasteiger partial charge in [0.1, 0.15) is 17.8 Å². The predicted molar refractivity (Wildman–Crippen MR) is 162 cm³/mol. The Bertz CT molecular complexity index is 1120. The summed E-state index contributed by atoms with van der Waals surface area (Å²) in [5.41, 5.74) is -0.637. The molecule has 6 nitrogen and oxygen atoms in total. The first-order chi connectivity index (χ1) is 18.7. The zero-order chi connectivity index (χ0) is 29.3. The van der Waals surface area contributed by atoms with Gasteiger partial charge in [0.2, 0.25) is 0 Å². The molecule has 2 saturated heterocycles. The Morgan fingerprint density at radius 1 is 0.925 bits per heavy atom. The third-order valence-electron chi connectivity index (χ3n) is 7.79. The van der Waals surface area contributed by atoms with Crippen LogP contribution in [-0.4, -0.2) is 61.6 Å². The van der Waals surface area contributed by atoms with Crippen LogP contribution in [0.2, 0.25) is 5.04 Å². The molecule has 0 spiro atoms. The lowest BCUT2D eigenvalue weighted by molar-refractivity contribution is -0.168. The third-order valence-corrected chi connectivity index (χ3v) is 12.8. The van der Waals surface area contributed by atoms with E-state index >= 15 is 0 Å². The van der Waals surface area contributed by atoms with E-state index in [0.29, 0.717) is 13.0 Å². The highest BCUT2D eigenvalue weighted by Gasteiger charge is 2.60. The molecule has 4 atom stereocenters. The third kappa shape index (κ3) is 6.08. The molecule has 2 heterocycles. The predicted octanol–water partition coefficient (Wildman–Crippen LogP) is 6.04. The average Bonchev–Trinajstić information content (AvgIpc) is 3.32. The summed E-state index contributed by atoms with van der Waals surface area (Å²) in [4.78, 5) is 15.7. The minimum atomic E-state index is -2.85. The summed E-state index contributed by atoms with van der Waals surface area (Å²) < 4.78 is 26.2. The molecule has 4 rings (SSSR count). The lowest BCUT2D eigenvalue weighted by Gasteiger charge is -2.44. The van der Waals surface area contributed by atoms with Gasteiger partial charge in [-0.1, -0.05) is 87.5 Å². The molecular formula is C33H47NO5Si. The Morgan fingerprint density at radius 3 is 1.88 bits per heavy atom. The fourth-order valence-corrected chi connectivity index (χ4v) is 10.9. The first-order valence-corrected chi connectivity index (χ1v) is 16.3. The molecule has 1 amide bonds. The van der Waals surface area contributed by atoms with Crippen LogP contribution in [0.15, 0.2) is 73.3 Å². The summed E-state index contributed by atoms with van der Waals surface area (Å²) in [6.45, 7) is 20.6. The molecule has 40 heavy (non-hydrogen) atoms. The Morgan fingerprint density at radius 2 is 1.43 bits per heavy atom. The standard InChI is InChI=1S/C33H47NO5Si/c1-10-11-22-26-28-29(38-33(8,9)37-28)27(34(26)30(35)39-31(2,3)4)23-36-40(32(5,6)7,24-18-14-12-15-19-24)25-20-16-13-17-21-25/h10,12-21,26-29H,1,11,22-23H2,2-9H3/t26-,27-,28+,29-/m1/s1. The molecule has 7 heteroatoms. The monoisotopic (exact) mass is 565 g/mol. The van der Waals surface area contributed by atoms with E-state index in [9.17, 15) is 4.79 Å². The summed E-state index contributed by atoms with van der Waals surface area (Å²) in [7, 11) is -2.85. The minimum absolute atomic E-state index is 0.195. The van der Waals surface area contributed by atoms with Crippen molar-refractivity contribution in [1.82, 2.24) is 4.90 Å². The lowest BCUT2D eigenvalue weighted by atomic mass is 10.0. The maximum absolute atomic E-state index is 13.8. The molecule has 0 radical (unpaired) electrons. The zero-order valence-electron chi connectivity index (χ0n) is 25.5. The smallest absolute Gasteiger partial charge is 0.411 e. The van der Waals surface area contributed by atoms with Gasteiger partial charge in [0, 0.05) is 0 Å². The van der Waals surface area contributed by atoms with Crippen LogP contribution in [0.4, 0.5) is 4.79 Å². The quantitative estimate of drug-likeness (QED) is 0.289. The maximum atomic E-state index is 13.8. The van der Waals surface area contributed by atoms with Crippen molar-refractivity contribution in [3.05, 3.63) is 73.3 Å². The highest BCUT2D eigenvalue weighted by atomic mass is 28.4. The van der Waals surface area contributed by atoms with E-state index in [1.807, 2.05) is 57.7 Å². The SMILES string of the molecule is C=CCC[C@@H]1[C@@H]2OC(C)(C)O[C@@H]2[C@@H](CO[Si](c2ccccc2)(c2ccccc2)C(C)(C)C)N1C(=O)OC(C)(C)C. The van der Waals surface area contributed by atoms with Crippen LogP contribution >= 0.6 is 0 Å². The molecule has 0 aliphatic carbocycles. The lowest BCUT2D eigenvalue weighted by Crippen LogP contribution is -2.67. The first kappa shape index (κ1) is 30.5. The number of rotatable bonds is 8. The average molecular weight is 566 g/mol. The van der Waals surface area contributed by atoms with Crippen LogP contribution in [-0.2, 0) is 18.6 Å². The number of allylic oxidation sites excluding steroid dienone is 1. The molecule has 2 aliphatic rings. The van der Waals surface area contributed by atoms with E-state index in [-0.39, 0.29) is 35.4 Å². The van der Waals surface area contributed by atoms with Gasteiger partial charge in [0.25, 0.3) is 8.32 Å². The van der Waals surface area contributed by atoms with E-state index in [4.69, 9.17) is 18.6 Å². The van der Waals surface area contributed by atoms with E-state index in [0.717, 1.165) is 6.42 Å². The Labute approximate surface area is 241 Å². The van der Waals surface area contributed by atoms with Gasteiger partial charge in [-0.15, -0.1) is 6.58 Å². The molecule has 218 valence electrons. The molecule has 0 aromatic heterocycles. The van der Waals surface area contributed by atoms with Crippen molar-refractivity contribution < 1.29 is 23.4 Å². The molecule has 0 unspecified atom stereocenters. The van der Waals surface area contributed by atoms with Crippen LogP contribution in [0.25, 0.3) is 0 Å². The fraction of sp³-hybridized carbons (Fsp3) is 0.545. The number of fused-ring (bicyclic) bond motifs is 1. The molecule has 0 saturated carbocycles. The van der Waals surface area contributed by atoms with Crippen molar-refractivity contribution in [2.75, 3.05) is 6.61 Å². The summed E-state index contributed by atoms with van der Waals surface area (Å²) in [6.07, 6.45) is 2.36. The highest BCUT2D eigenvalue weighted by Crippen LogP contribution is 2.44. The van der Waals surface area contributed by atoms with E-state index in [2.05, 4.69) is 75.9 Å². The summed E-state index contributed by atoms with van der Waals surface area (Å²) >= 11 is 0. The fourth-order valence-electron chi connectivity index (χ4n) is 6.30. The van der Waals surface area contributed by atoms with Crippen LogP contribution in [0.1, 0.15) is 68.2 Å². The molecule has 2 aromatic carbocycles. The second-order valence-corrected chi connectivity index (χ2v) is 17.7. The molecule has 0 N–H and O–H groups in total. The van der Waals surface area contributed by atoms with Gasteiger partial charge in [0.15, 0.2) is 5.79 Å². The zero-order valence-corrected chi connectivity index (χ0v) is 26.5. The van der Waals surface area contributed by atoms with Crippen LogP contribution in [0.5, 0.6) is 0 Å². The van der Waals surface area contributed by atoms with Gasteiger partial charge in [-0.05, 0) is 62.9 Å². The van der Waals surface area contributed by atoms with E-state index < -0.39 is 19.7 Å². The molecule has 2 aromatic rings. The largest absolute Gasteiger partial charge is 0.444 e. The van der Waals surface area contributed by atoms with Crippen LogP contribution in [0.3, 0.4) is 0 Å². The second-order valence-electron chi connectivity index (χ2n) is 13.4. The van der Waals surface area contributed by atoms with Crippen molar-refractivity contribution in [3.8, 4) is 0 Å². The van der Waals surface area contributed by atoms with Crippen molar-refractivity contribution in [2.45, 2.75) is 109 Å². The summed E-state index contributed by atoms with van der Waals surface area (Å²) in [5.74, 6) is -0.753. The van der Waals surface area contributed by atoms with Gasteiger partial charge in [0.05, 0.1) is 18.7 Å². The summed E-state index contributed by atoms with van der Waals surface area (Å²) in [6, 6.07) is 20.5. The molecule has 2 aliphatic heterocycles. The number of hydrogen-bond donors (Lipinski definition) is 0. The van der Waals surface area contributed by atoms with Gasteiger partial charge in [-0.25, -0.2) is 4.79 Å². The highest BCUT2D eigenvalue weighted by molar-refractivity contribution is 6.99. The van der Waals surface area contributed by atoms with Crippen molar-refractivity contribution >= 4 is 24.8 Å². The van der Waals surface area contributed by atoms with E-state index in [1.54, 1.807) is 0 Å². The molecular weight excluding hydrogens is 518 g/mol. The number of hydrogen-bond acceptors (Lipinski definition) is 5. The number of ether oxygens (including phenoxy) is 3. The normalized spacial score (nSPS) is 24.6. The van der Waals surface area contributed by atoms with Crippen LogP contribution in [0, 0.1) is 0 Å². The van der Waals surface area contributed by atoms with Crippen molar-refractivity contribution in [3.63, 3.8) is 0 Å². The minimum Gasteiger partial charge on any atom is -0.444 e. The molecule has 0 bridgehead atoms. The van der Waals surface area contributed by atoms with Gasteiger partial charge < -0.3 is 18.6 Å². The van der Waals surface area contributed by atoms with Gasteiger partial charge in [-0.2, -0.15) is 0 Å². The Hall–Kier alpha value is -2.45. The van der Waals surface area contributed by atoms with E-state index in [1.165, 1.54) is 10.4 Å². The van der Waals surface area contributed by atoms with Gasteiger partial charge >= 0.3 is 6.09 Å². The maximum Gasteiger partial charge on any atom is 0.411 e. The van der Waals surface area contributed by atoms with Crippen molar-refractivity contribution in [1.29, 1.82) is 0 Å². The second kappa shape index (κ2) is 11.4. The number of carbonyl (C=O) groups is 1. The number of nitrogens with zero attached hydrogens (tertiary/aromatic N) is 1. The Kier molecular flexibility index (Phi) is 8.72. The van der Waals surface area contributed by atoms with Gasteiger partial charge in [-0.3, -0.25) is 4.90 Å². The molecule has 2 fully saturated rings. The number of carbonyl (C=O) groups excluding carboxylic acids is 1. The Balaban J connectivity index is 1.79. The topological polar surface area (TPSA) is 57.2 Å². The number of benzene rings is 2. The number of amides is 1. The first-order valence-electron chi connectivity index (χ1n) is 14.4. The van der Waals surface area contributed by atoms with Crippen LogP contribution < -0.4 is 10.4 Å². The summed E-state index contributed by atoms with van der Waals surface area (Å²) in [5, 5.41) is 2.19. The van der Waals surface area contributed by atoms with Crippen molar-refractivity contribution in [2.24, 2.45) is 0 Å².